The fraction of sp³-hybridized carbons (Fsp3) is 0.0909. The molecule has 5 heteroatoms. The van der Waals surface area contributed by atoms with Gasteiger partial charge in [0.05, 0.1) is 7.11 Å². The van der Waals surface area contributed by atoms with E-state index in [1.165, 1.54) is 7.11 Å². The van der Waals surface area contributed by atoms with Crippen molar-refractivity contribution < 1.29 is 19.1 Å². The van der Waals surface area contributed by atoms with Crippen LogP contribution >= 0.6 is 11.6 Å². The maximum Gasteiger partial charge on any atom is 0.342 e. The molecule has 3 aromatic carbocycles. The molecule has 0 N–H and O–H groups in total. The van der Waals surface area contributed by atoms with Crippen molar-refractivity contribution >= 4 is 23.4 Å². The monoisotopic (exact) mass is 380 g/mol. The van der Waals surface area contributed by atoms with Crippen molar-refractivity contribution in [3.05, 3.63) is 101 Å². The van der Waals surface area contributed by atoms with Crippen LogP contribution in [-0.4, -0.2) is 18.9 Å². The fourth-order valence-electron chi connectivity index (χ4n) is 2.65. The molecule has 0 unspecified atom stereocenters. The second-order valence-electron chi connectivity index (χ2n) is 5.77. The summed E-state index contributed by atoms with van der Waals surface area (Å²) in [6.07, 6.45) is -1.10. The Labute approximate surface area is 162 Å². The zero-order valence-electron chi connectivity index (χ0n) is 14.6. The Balaban J connectivity index is 1.96. The number of esters is 1. The van der Waals surface area contributed by atoms with E-state index in [9.17, 15) is 9.59 Å². The van der Waals surface area contributed by atoms with Gasteiger partial charge < -0.3 is 9.47 Å². The van der Waals surface area contributed by atoms with Crippen molar-refractivity contribution in [2.45, 2.75) is 6.10 Å². The van der Waals surface area contributed by atoms with Gasteiger partial charge in [-0.3, -0.25) is 4.79 Å². The first-order chi connectivity index (χ1) is 13.1. The Morgan fingerprint density at radius 1 is 0.852 bits per heavy atom. The van der Waals surface area contributed by atoms with Crippen molar-refractivity contribution in [1.29, 1.82) is 0 Å². The molecular weight excluding hydrogens is 364 g/mol. The molecule has 0 aromatic heterocycles. The first-order valence-corrected chi connectivity index (χ1v) is 8.66. The lowest BCUT2D eigenvalue weighted by Crippen LogP contribution is -2.20. The van der Waals surface area contributed by atoms with E-state index in [0.717, 1.165) is 0 Å². The van der Waals surface area contributed by atoms with Gasteiger partial charge in [0.2, 0.25) is 5.78 Å². The second-order valence-corrected chi connectivity index (χ2v) is 6.20. The molecule has 0 saturated heterocycles. The van der Waals surface area contributed by atoms with Crippen LogP contribution in [0.3, 0.4) is 0 Å². The molecule has 136 valence electrons. The van der Waals surface area contributed by atoms with Crippen LogP contribution in [0.4, 0.5) is 0 Å². The number of hydrogen-bond donors (Lipinski definition) is 0. The SMILES string of the molecule is COc1ccccc1C(=O)O[C@@H](C(=O)c1ccccc1)c1ccc(Cl)cc1. The number of rotatable bonds is 6. The van der Waals surface area contributed by atoms with Crippen LogP contribution in [0.15, 0.2) is 78.9 Å². The van der Waals surface area contributed by atoms with Gasteiger partial charge in [-0.15, -0.1) is 0 Å². The van der Waals surface area contributed by atoms with Crippen molar-refractivity contribution in [2.75, 3.05) is 7.11 Å². The van der Waals surface area contributed by atoms with E-state index < -0.39 is 12.1 Å². The summed E-state index contributed by atoms with van der Waals surface area (Å²) in [5.74, 6) is -0.581. The standard InChI is InChI=1S/C22H17ClO4/c1-26-19-10-6-5-9-18(19)22(25)27-21(16-11-13-17(23)14-12-16)20(24)15-7-3-2-4-8-15/h2-14,21H,1H3/t21-/m1/s1. The average Bonchev–Trinajstić information content (AvgIpc) is 2.72. The number of Topliss-reactive ketones (excluding diaryl/α,β-unsaturated/α-hetero) is 1. The van der Waals surface area contributed by atoms with Crippen molar-refractivity contribution in [1.82, 2.24) is 0 Å². The summed E-state index contributed by atoms with van der Waals surface area (Å²) < 4.78 is 10.8. The zero-order valence-corrected chi connectivity index (χ0v) is 15.3. The second kappa shape index (κ2) is 8.52. The van der Waals surface area contributed by atoms with Crippen molar-refractivity contribution in [2.24, 2.45) is 0 Å². The molecule has 0 saturated carbocycles. The first-order valence-electron chi connectivity index (χ1n) is 8.29. The molecule has 0 bridgehead atoms. The molecule has 0 aliphatic carbocycles. The van der Waals surface area contributed by atoms with Crippen LogP contribution < -0.4 is 4.74 Å². The predicted octanol–water partition coefficient (Wildman–Crippen LogP) is 5.13. The summed E-state index contributed by atoms with van der Waals surface area (Å²) in [6, 6.07) is 22.0. The smallest absolute Gasteiger partial charge is 0.342 e. The highest BCUT2D eigenvalue weighted by Gasteiger charge is 2.27. The van der Waals surface area contributed by atoms with Gasteiger partial charge in [-0.05, 0) is 24.3 Å². The van der Waals surface area contributed by atoms with Crippen molar-refractivity contribution in [3.8, 4) is 5.75 Å². The summed E-state index contributed by atoms with van der Waals surface area (Å²) in [4.78, 5) is 25.7. The minimum absolute atomic E-state index is 0.250. The lowest BCUT2D eigenvalue weighted by Gasteiger charge is -2.18. The molecule has 0 aliphatic rings. The van der Waals surface area contributed by atoms with Crippen LogP contribution in [-0.2, 0) is 4.74 Å². The summed E-state index contributed by atoms with van der Waals surface area (Å²) in [5.41, 5.74) is 1.24. The van der Waals surface area contributed by atoms with Gasteiger partial charge in [0.1, 0.15) is 11.3 Å². The highest BCUT2D eigenvalue weighted by molar-refractivity contribution is 6.30. The van der Waals surface area contributed by atoms with Crippen LogP contribution in [0.2, 0.25) is 5.02 Å². The number of carbonyl (C=O) groups excluding carboxylic acids is 2. The third-order valence-corrected chi connectivity index (χ3v) is 4.27. The van der Waals surface area contributed by atoms with Crippen LogP contribution in [0.5, 0.6) is 5.75 Å². The minimum atomic E-state index is -1.10. The molecule has 3 aromatic rings. The number of ether oxygens (including phenoxy) is 2. The van der Waals surface area contributed by atoms with Gasteiger partial charge in [0.15, 0.2) is 6.10 Å². The number of carbonyl (C=O) groups is 2. The summed E-state index contributed by atoms with van der Waals surface area (Å²) in [5, 5.41) is 0.528. The van der Waals surface area contributed by atoms with Crippen molar-refractivity contribution in [3.63, 3.8) is 0 Å². The molecule has 1 atom stereocenters. The first kappa shape index (κ1) is 18.7. The molecule has 0 spiro atoms. The largest absolute Gasteiger partial charge is 0.496 e. The van der Waals surface area contributed by atoms with Crippen LogP contribution in [0.25, 0.3) is 0 Å². The third kappa shape index (κ3) is 4.36. The molecule has 0 amide bonds. The Kier molecular flexibility index (Phi) is 5.89. The highest BCUT2D eigenvalue weighted by Crippen LogP contribution is 2.27. The van der Waals surface area contributed by atoms with E-state index in [-0.39, 0.29) is 11.3 Å². The lowest BCUT2D eigenvalue weighted by atomic mass is 9.99. The van der Waals surface area contributed by atoms with Gasteiger partial charge in [0.25, 0.3) is 0 Å². The highest BCUT2D eigenvalue weighted by atomic mass is 35.5. The number of ketones is 1. The lowest BCUT2D eigenvalue weighted by molar-refractivity contribution is 0.0277. The third-order valence-electron chi connectivity index (χ3n) is 4.02. The summed E-state index contributed by atoms with van der Waals surface area (Å²) in [7, 11) is 1.47. The molecule has 3 rings (SSSR count). The average molecular weight is 381 g/mol. The van der Waals surface area contributed by atoms with Gasteiger partial charge >= 0.3 is 5.97 Å². The van der Waals surface area contributed by atoms with Gasteiger partial charge in [-0.2, -0.15) is 0 Å². The Bertz CT molecular complexity index is 936. The number of benzene rings is 3. The van der Waals surface area contributed by atoms with E-state index >= 15 is 0 Å². The normalized spacial score (nSPS) is 11.5. The van der Waals surface area contributed by atoms with Gasteiger partial charge in [0, 0.05) is 16.1 Å². The quantitative estimate of drug-likeness (QED) is 0.439. The molecule has 0 radical (unpaired) electrons. The Morgan fingerprint density at radius 2 is 1.48 bits per heavy atom. The number of methoxy groups -OCH3 is 1. The van der Waals surface area contributed by atoms with E-state index in [1.807, 2.05) is 6.07 Å². The molecule has 0 aliphatic heterocycles. The molecule has 0 fully saturated rings. The summed E-state index contributed by atoms with van der Waals surface area (Å²) >= 11 is 5.94. The van der Waals surface area contributed by atoms with Crippen LogP contribution in [0.1, 0.15) is 32.4 Å². The Hall–Kier alpha value is -3.11. The number of halogens is 1. The van der Waals surface area contributed by atoms with Gasteiger partial charge in [-0.25, -0.2) is 4.79 Å². The topological polar surface area (TPSA) is 52.6 Å². The predicted molar refractivity (Wildman–Crippen MR) is 103 cm³/mol. The molecule has 4 nitrogen and oxygen atoms in total. The van der Waals surface area contributed by atoms with E-state index in [4.69, 9.17) is 21.1 Å². The molecule has 0 heterocycles. The molecular formula is C22H17ClO4. The number of hydrogen-bond acceptors (Lipinski definition) is 4. The van der Waals surface area contributed by atoms with E-state index in [2.05, 4.69) is 0 Å². The maximum atomic E-state index is 13.0. The number of para-hydroxylation sites is 1. The minimum Gasteiger partial charge on any atom is -0.496 e. The van der Waals surface area contributed by atoms with E-state index in [1.54, 1.807) is 72.8 Å². The Morgan fingerprint density at radius 3 is 2.15 bits per heavy atom. The summed E-state index contributed by atoms with van der Waals surface area (Å²) in [6.45, 7) is 0. The van der Waals surface area contributed by atoms with Crippen LogP contribution in [0, 0.1) is 0 Å². The zero-order chi connectivity index (χ0) is 19.2. The van der Waals surface area contributed by atoms with Gasteiger partial charge in [-0.1, -0.05) is 66.2 Å². The van der Waals surface area contributed by atoms with E-state index in [0.29, 0.717) is 21.9 Å². The maximum absolute atomic E-state index is 13.0. The fourth-order valence-corrected chi connectivity index (χ4v) is 2.77. The molecule has 27 heavy (non-hydrogen) atoms.